The fourth-order valence-corrected chi connectivity index (χ4v) is 4.89. The van der Waals surface area contributed by atoms with Crippen molar-refractivity contribution in [3.63, 3.8) is 0 Å². The van der Waals surface area contributed by atoms with Crippen molar-refractivity contribution in [3.05, 3.63) is 87.7 Å². The molecule has 0 N–H and O–H groups in total. The van der Waals surface area contributed by atoms with Crippen LogP contribution in [0.25, 0.3) is 5.69 Å². The Morgan fingerprint density at radius 1 is 0.769 bits per heavy atom. The van der Waals surface area contributed by atoms with Crippen LogP contribution in [-0.4, -0.2) is 47.1 Å². The molecule has 39 heavy (non-hydrogen) atoms. The van der Waals surface area contributed by atoms with E-state index in [1.165, 1.54) is 0 Å². The topological polar surface area (TPSA) is 77.8 Å². The Bertz CT molecular complexity index is 1340. The number of aryl methyl sites for hydroxylation is 2. The van der Waals surface area contributed by atoms with Gasteiger partial charge in [-0.05, 0) is 86.7 Å². The Morgan fingerprint density at radius 3 is 2.08 bits per heavy atom. The van der Waals surface area contributed by atoms with Crippen LogP contribution in [0.2, 0.25) is 0 Å². The number of rotatable bonds is 10. The summed E-state index contributed by atoms with van der Waals surface area (Å²) in [5, 5.41) is 0. The first-order valence-corrected chi connectivity index (χ1v) is 13.9. The van der Waals surface area contributed by atoms with Crippen molar-refractivity contribution in [2.24, 2.45) is 0 Å². The van der Waals surface area contributed by atoms with Crippen LogP contribution in [0.15, 0.2) is 48.5 Å². The molecule has 2 heterocycles. The van der Waals surface area contributed by atoms with Crippen molar-refractivity contribution < 1.29 is 23.9 Å². The lowest BCUT2D eigenvalue weighted by atomic mass is 9.96. The molecule has 1 aromatic heterocycles. The number of fused-ring (bicyclic) bond motifs is 1. The molecule has 0 bridgehead atoms. The van der Waals surface area contributed by atoms with Crippen LogP contribution in [0, 0.1) is 13.8 Å². The zero-order chi connectivity index (χ0) is 27.9. The van der Waals surface area contributed by atoms with Gasteiger partial charge in [-0.15, -0.1) is 0 Å². The third kappa shape index (κ3) is 6.41. The number of hydrogen-bond donors (Lipinski definition) is 0. The average molecular weight is 531 g/mol. The normalized spacial score (nSPS) is 12.7. The second kappa shape index (κ2) is 12.8. The van der Waals surface area contributed by atoms with Crippen molar-refractivity contribution in [3.8, 4) is 5.69 Å². The van der Waals surface area contributed by atoms with Gasteiger partial charge in [-0.3, -0.25) is 4.79 Å². The molecule has 1 amide bonds. The van der Waals surface area contributed by atoms with Crippen LogP contribution in [0.1, 0.15) is 93.1 Å². The fourth-order valence-electron chi connectivity index (χ4n) is 4.89. The van der Waals surface area contributed by atoms with E-state index in [9.17, 15) is 14.4 Å². The number of ether oxygens (including phenoxy) is 2. The van der Waals surface area contributed by atoms with Crippen molar-refractivity contribution >= 4 is 17.8 Å². The minimum Gasteiger partial charge on any atom is -0.462 e. The van der Waals surface area contributed by atoms with E-state index in [4.69, 9.17) is 9.47 Å². The summed E-state index contributed by atoms with van der Waals surface area (Å²) in [6.45, 7) is 9.84. The van der Waals surface area contributed by atoms with E-state index in [0.29, 0.717) is 55.1 Å². The van der Waals surface area contributed by atoms with E-state index < -0.39 is 0 Å². The van der Waals surface area contributed by atoms with Gasteiger partial charge < -0.3 is 18.9 Å². The number of carbonyl (C=O) groups is 3. The third-order valence-electron chi connectivity index (χ3n) is 7.18. The highest BCUT2D eigenvalue weighted by Crippen LogP contribution is 2.26. The molecule has 4 rings (SSSR count). The summed E-state index contributed by atoms with van der Waals surface area (Å²) in [7, 11) is 0. The van der Waals surface area contributed by atoms with Gasteiger partial charge in [0.1, 0.15) is 0 Å². The minimum atomic E-state index is -0.388. The number of aromatic nitrogens is 1. The first-order chi connectivity index (χ1) is 18.8. The van der Waals surface area contributed by atoms with Gasteiger partial charge in [0, 0.05) is 30.0 Å². The van der Waals surface area contributed by atoms with Crippen LogP contribution >= 0.6 is 0 Å². The Labute approximate surface area is 230 Å². The zero-order valence-corrected chi connectivity index (χ0v) is 23.4. The van der Waals surface area contributed by atoms with Crippen molar-refractivity contribution in [2.75, 3.05) is 19.8 Å². The van der Waals surface area contributed by atoms with Gasteiger partial charge in [0.05, 0.1) is 30.0 Å². The molecule has 0 saturated carbocycles. The predicted molar refractivity (Wildman–Crippen MR) is 151 cm³/mol. The molecule has 0 spiro atoms. The Kier molecular flexibility index (Phi) is 9.23. The van der Waals surface area contributed by atoms with E-state index in [0.717, 1.165) is 48.2 Å². The second-order valence-electron chi connectivity index (χ2n) is 10.1. The number of carbonyl (C=O) groups excluding carboxylic acids is 3. The standard InChI is InChI=1S/C32H38N2O5/c1-5-7-17-38-31(36)26-11-12-27-21-33(16-15-24(27)19-26)30(35)25-13-14-28(32(37)39-18-8-6-2)29(20-25)34-22(3)9-10-23(34)4/h9-14,19-20H,5-8,15-18,21H2,1-4H3. The molecule has 0 saturated heterocycles. The van der Waals surface area contributed by atoms with E-state index >= 15 is 0 Å². The lowest BCUT2D eigenvalue weighted by molar-refractivity contribution is 0.0490. The first kappa shape index (κ1) is 28.1. The van der Waals surface area contributed by atoms with Crippen molar-refractivity contribution in [1.82, 2.24) is 9.47 Å². The quantitative estimate of drug-likeness (QED) is 0.230. The van der Waals surface area contributed by atoms with E-state index in [1.54, 1.807) is 24.3 Å². The highest BCUT2D eigenvalue weighted by Gasteiger charge is 2.25. The van der Waals surface area contributed by atoms with E-state index in [2.05, 4.69) is 6.92 Å². The van der Waals surface area contributed by atoms with Gasteiger partial charge in [0.15, 0.2) is 0 Å². The molecule has 1 aliphatic rings. The van der Waals surface area contributed by atoms with Crippen LogP contribution in [0.5, 0.6) is 0 Å². The Balaban J connectivity index is 1.56. The predicted octanol–water partition coefficient (Wildman–Crippen LogP) is 6.21. The second-order valence-corrected chi connectivity index (χ2v) is 10.1. The maximum absolute atomic E-state index is 13.6. The Morgan fingerprint density at radius 2 is 1.41 bits per heavy atom. The first-order valence-electron chi connectivity index (χ1n) is 13.9. The molecule has 0 aliphatic carbocycles. The van der Waals surface area contributed by atoms with Gasteiger partial charge >= 0.3 is 11.9 Å². The average Bonchev–Trinajstić information content (AvgIpc) is 3.29. The highest BCUT2D eigenvalue weighted by atomic mass is 16.5. The summed E-state index contributed by atoms with van der Waals surface area (Å²) in [4.78, 5) is 40.8. The lowest BCUT2D eigenvalue weighted by Gasteiger charge is -2.29. The molecule has 206 valence electrons. The molecule has 7 heteroatoms. The number of hydrogen-bond acceptors (Lipinski definition) is 5. The van der Waals surface area contributed by atoms with E-state index in [-0.39, 0.29) is 17.8 Å². The van der Waals surface area contributed by atoms with Crippen LogP contribution in [0.3, 0.4) is 0 Å². The number of nitrogens with zero attached hydrogens (tertiary/aromatic N) is 2. The maximum Gasteiger partial charge on any atom is 0.340 e. The fraction of sp³-hybridized carbons (Fsp3) is 0.406. The van der Waals surface area contributed by atoms with Gasteiger partial charge in [-0.2, -0.15) is 0 Å². The highest BCUT2D eigenvalue weighted by molar-refractivity contribution is 5.99. The summed E-state index contributed by atoms with van der Waals surface area (Å²) in [6, 6.07) is 14.8. The Hall–Kier alpha value is -3.87. The molecule has 7 nitrogen and oxygen atoms in total. The van der Waals surface area contributed by atoms with Crippen LogP contribution in [-0.2, 0) is 22.4 Å². The van der Waals surface area contributed by atoms with Gasteiger partial charge in [-0.25, -0.2) is 9.59 Å². The van der Waals surface area contributed by atoms with Crippen molar-refractivity contribution in [2.45, 2.75) is 66.3 Å². The number of esters is 2. The van der Waals surface area contributed by atoms with Crippen molar-refractivity contribution in [1.29, 1.82) is 0 Å². The third-order valence-corrected chi connectivity index (χ3v) is 7.18. The van der Waals surface area contributed by atoms with E-state index in [1.807, 2.05) is 54.5 Å². The summed E-state index contributed by atoms with van der Waals surface area (Å²) >= 11 is 0. The SMILES string of the molecule is CCCCOC(=O)c1ccc2c(c1)CCN(C(=O)c1ccc(C(=O)OCCCC)c(-n3c(C)ccc3C)c1)C2. The lowest BCUT2D eigenvalue weighted by Crippen LogP contribution is -2.36. The number of amides is 1. The minimum absolute atomic E-state index is 0.0988. The molecule has 0 unspecified atom stereocenters. The molecule has 0 radical (unpaired) electrons. The van der Waals surface area contributed by atoms with Gasteiger partial charge in [0.25, 0.3) is 5.91 Å². The number of unbranched alkanes of at least 4 members (excludes halogenated alkanes) is 2. The monoisotopic (exact) mass is 530 g/mol. The molecule has 3 aromatic rings. The zero-order valence-electron chi connectivity index (χ0n) is 23.4. The summed E-state index contributed by atoms with van der Waals surface area (Å²) in [6.07, 6.45) is 4.21. The summed E-state index contributed by atoms with van der Waals surface area (Å²) in [5.41, 5.74) is 6.17. The molecule has 2 aromatic carbocycles. The van der Waals surface area contributed by atoms with Crippen LogP contribution < -0.4 is 0 Å². The largest absolute Gasteiger partial charge is 0.462 e. The molecular weight excluding hydrogens is 492 g/mol. The summed E-state index contributed by atoms with van der Waals surface area (Å²) < 4.78 is 12.9. The smallest absolute Gasteiger partial charge is 0.340 e. The molecule has 0 fully saturated rings. The van der Waals surface area contributed by atoms with Gasteiger partial charge in [-0.1, -0.05) is 32.8 Å². The molecular formula is C32H38N2O5. The molecule has 1 aliphatic heterocycles. The maximum atomic E-state index is 13.6. The number of benzene rings is 2. The van der Waals surface area contributed by atoms with Gasteiger partial charge in [0.2, 0.25) is 0 Å². The van der Waals surface area contributed by atoms with Crippen LogP contribution in [0.4, 0.5) is 0 Å². The molecule has 0 atom stereocenters. The summed E-state index contributed by atoms with van der Waals surface area (Å²) in [5.74, 6) is -0.791.